The summed E-state index contributed by atoms with van der Waals surface area (Å²) in [6.45, 7) is 0. The lowest BCUT2D eigenvalue weighted by molar-refractivity contribution is -0.118. The van der Waals surface area contributed by atoms with Crippen LogP contribution in [0.1, 0.15) is 16.8 Å². The maximum Gasteiger partial charge on any atom is 0.253 e. The van der Waals surface area contributed by atoms with Crippen molar-refractivity contribution < 1.29 is 14.3 Å². The molecule has 2 aromatic carbocycles. The number of ether oxygens (including phenoxy) is 1. The minimum absolute atomic E-state index is 0.246. The number of benzene rings is 2. The van der Waals surface area contributed by atoms with Crippen LogP contribution in [0.4, 0.5) is 5.69 Å². The molecule has 0 saturated carbocycles. The fraction of sp³-hybridized carbons (Fsp3) is 0.263. The summed E-state index contributed by atoms with van der Waals surface area (Å²) in [6, 6.07) is 13.6. The van der Waals surface area contributed by atoms with Crippen molar-refractivity contribution in [2.24, 2.45) is 0 Å². The molecule has 0 heterocycles. The molecule has 1 atom stereocenters. The highest BCUT2D eigenvalue weighted by Crippen LogP contribution is 2.18. The molecule has 0 aliphatic heterocycles. The van der Waals surface area contributed by atoms with Gasteiger partial charge in [0.1, 0.15) is 11.8 Å². The molecule has 0 radical (unpaired) electrons. The minimum atomic E-state index is -0.621. The van der Waals surface area contributed by atoms with Gasteiger partial charge in [-0.1, -0.05) is 12.1 Å². The Morgan fingerprint density at radius 1 is 1.15 bits per heavy atom. The number of carbonyl (C=O) groups is 2. The average molecular weight is 437 g/mol. The van der Waals surface area contributed by atoms with E-state index in [1.807, 2.05) is 12.3 Å². The monoisotopic (exact) mass is 436 g/mol. The number of halogens is 1. The number of hydrogen-bond acceptors (Lipinski definition) is 4. The predicted molar refractivity (Wildman–Crippen MR) is 110 cm³/mol. The molecule has 2 N–H and O–H groups in total. The van der Waals surface area contributed by atoms with Crippen LogP contribution in [0.25, 0.3) is 0 Å². The van der Waals surface area contributed by atoms with E-state index in [9.17, 15) is 9.59 Å². The van der Waals surface area contributed by atoms with Crippen LogP contribution in [-0.4, -0.2) is 37.0 Å². The van der Waals surface area contributed by atoms with Gasteiger partial charge in [0.25, 0.3) is 5.91 Å². The molecule has 2 aromatic rings. The number of thioether (sulfide) groups is 1. The van der Waals surface area contributed by atoms with Gasteiger partial charge in [-0.2, -0.15) is 11.8 Å². The van der Waals surface area contributed by atoms with Crippen molar-refractivity contribution in [1.82, 2.24) is 5.32 Å². The molecule has 0 fully saturated rings. The van der Waals surface area contributed by atoms with Crippen molar-refractivity contribution in [3.05, 3.63) is 58.6 Å². The third kappa shape index (κ3) is 5.78. The van der Waals surface area contributed by atoms with Crippen molar-refractivity contribution in [1.29, 1.82) is 0 Å². The van der Waals surface area contributed by atoms with Crippen LogP contribution in [-0.2, 0) is 4.79 Å². The van der Waals surface area contributed by atoms with Crippen LogP contribution >= 0.6 is 27.7 Å². The lowest BCUT2D eigenvalue weighted by atomic mass is 10.1. The second-order valence-corrected chi connectivity index (χ2v) is 7.35. The van der Waals surface area contributed by atoms with Gasteiger partial charge in [0.05, 0.1) is 12.7 Å². The third-order valence-corrected chi connectivity index (χ3v) is 5.04. The number of nitrogens with one attached hydrogen (secondary N) is 2. The molecule has 26 heavy (non-hydrogen) atoms. The Hall–Kier alpha value is -1.99. The van der Waals surface area contributed by atoms with Crippen molar-refractivity contribution in [3.63, 3.8) is 0 Å². The fourth-order valence-electron chi connectivity index (χ4n) is 2.29. The first-order valence-corrected chi connectivity index (χ1v) is 10.2. The lowest BCUT2D eigenvalue weighted by Crippen LogP contribution is -2.44. The summed E-state index contributed by atoms with van der Waals surface area (Å²) in [5, 5.41) is 5.68. The van der Waals surface area contributed by atoms with Crippen LogP contribution < -0.4 is 15.4 Å². The predicted octanol–water partition coefficient (Wildman–Crippen LogP) is 3.95. The van der Waals surface area contributed by atoms with Gasteiger partial charge in [0.2, 0.25) is 5.91 Å². The summed E-state index contributed by atoms with van der Waals surface area (Å²) < 4.78 is 5.80. The molecule has 2 amide bonds. The number of hydrogen-bond donors (Lipinski definition) is 2. The van der Waals surface area contributed by atoms with E-state index in [0.29, 0.717) is 27.9 Å². The summed E-state index contributed by atoms with van der Waals surface area (Å²) in [5.41, 5.74) is 1.15. The maximum absolute atomic E-state index is 12.6. The SMILES string of the molecule is COc1ccc(NC(=O)C(CCSC)NC(=O)c2ccccc2Br)cc1. The number of methoxy groups -OCH3 is 1. The first-order valence-electron chi connectivity index (χ1n) is 8.04. The maximum atomic E-state index is 12.6. The van der Waals surface area contributed by atoms with Crippen molar-refractivity contribution in [2.45, 2.75) is 12.5 Å². The van der Waals surface area contributed by atoms with Gasteiger partial charge >= 0.3 is 0 Å². The molecule has 1 unspecified atom stereocenters. The van der Waals surface area contributed by atoms with Crippen LogP contribution in [0.2, 0.25) is 0 Å². The van der Waals surface area contributed by atoms with Gasteiger partial charge < -0.3 is 15.4 Å². The first kappa shape index (κ1) is 20.3. The normalized spacial score (nSPS) is 11.5. The molecule has 0 spiro atoms. The van der Waals surface area contributed by atoms with Crippen LogP contribution in [0.5, 0.6) is 5.75 Å². The topological polar surface area (TPSA) is 67.4 Å². The second kappa shape index (κ2) is 10.2. The summed E-state index contributed by atoms with van der Waals surface area (Å²) in [6.07, 6.45) is 2.51. The largest absolute Gasteiger partial charge is 0.497 e. The van der Waals surface area contributed by atoms with Gasteiger partial charge in [-0.15, -0.1) is 0 Å². The van der Waals surface area contributed by atoms with Crippen molar-refractivity contribution in [3.8, 4) is 5.75 Å². The highest BCUT2D eigenvalue weighted by Gasteiger charge is 2.22. The zero-order chi connectivity index (χ0) is 18.9. The molecule has 0 aromatic heterocycles. The summed E-state index contributed by atoms with van der Waals surface area (Å²) in [4.78, 5) is 25.2. The summed E-state index contributed by atoms with van der Waals surface area (Å²) in [5.74, 6) is 0.943. The molecule has 5 nitrogen and oxygen atoms in total. The highest BCUT2D eigenvalue weighted by molar-refractivity contribution is 9.10. The molecule has 2 rings (SSSR count). The number of anilines is 1. The molecule has 0 bridgehead atoms. The number of amides is 2. The lowest BCUT2D eigenvalue weighted by Gasteiger charge is -2.19. The van der Waals surface area contributed by atoms with E-state index in [0.717, 1.165) is 5.75 Å². The molecular weight excluding hydrogens is 416 g/mol. The van der Waals surface area contributed by atoms with Crippen molar-refractivity contribution in [2.75, 3.05) is 24.4 Å². The van der Waals surface area contributed by atoms with Crippen molar-refractivity contribution >= 4 is 45.2 Å². The van der Waals surface area contributed by atoms with Gasteiger partial charge in [0, 0.05) is 10.2 Å². The van der Waals surface area contributed by atoms with E-state index >= 15 is 0 Å². The van der Waals surface area contributed by atoms with Gasteiger partial charge in [-0.3, -0.25) is 9.59 Å². The van der Waals surface area contributed by atoms with E-state index in [-0.39, 0.29) is 11.8 Å². The zero-order valence-electron chi connectivity index (χ0n) is 14.6. The fourth-order valence-corrected chi connectivity index (χ4v) is 3.23. The van der Waals surface area contributed by atoms with E-state index < -0.39 is 6.04 Å². The Labute approximate surface area is 166 Å². The Kier molecular flexibility index (Phi) is 8.00. The second-order valence-electron chi connectivity index (χ2n) is 5.51. The highest BCUT2D eigenvalue weighted by atomic mass is 79.9. The summed E-state index contributed by atoms with van der Waals surface area (Å²) >= 11 is 4.99. The molecule has 0 aliphatic rings. The molecule has 0 aliphatic carbocycles. The zero-order valence-corrected chi connectivity index (χ0v) is 17.0. The standard InChI is InChI=1S/C19H21BrN2O3S/c1-25-14-9-7-13(8-10-14)21-19(24)17(11-12-26-2)22-18(23)15-5-3-4-6-16(15)20/h3-10,17H,11-12H2,1-2H3,(H,21,24)(H,22,23). The molecular formula is C19H21BrN2O3S. The van der Waals surface area contributed by atoms with Crippen LogP contribution in [0, 0.1) is 0 Å². The van der Waals surface area contributed by atoms with E-state index in [1.165, 1.54) is 0 Å². The van der Waals surface area contributed by atoms with Crippen LogP contribution in [0.3, 0.4) is 0 Å². The third-order valence-electron chi connectivity index (χ3n) is 3.71. The Morgan fingerprint density at radius 2 is 1.85 bits per heavy atom. The quantitative estimate of drug-likeness (QED) is 0.657. The van der Waals surface area contributed by atoms with Gasteiger partial charge in [-0.05, 0) is 70.8 Å². The summed E-state index contributed by atoms with van der Waals surface area (Å²) in [7, 11) is 1.59. The first-order chi connectivity index (χ1) is 12.5. The minimum Gasteiger partial charge on any atom is -0.497 e. The Bertz CT molecular complexity index is 753. The molecule has 0 saturated heterocycles. The van der Waals surface area contributed by atoms with E-state index in [4.69, 9.17) is 4.74 Å². The smallest absolute Gasteiger partial charge is 0.253 e. The van der Waals surface area contributed by atoms with E-state index in [2.05, 4.69) is 26.6 Å². The number of carbonyl (C=O) groups excluding carboxylic acids is 2. The molecule has 138 valence electrons. The van der Waals surface area contributed by atoms with Gasteiger partial charge in [0.15, 0.2) is 0 Å². The Balaban J connectivity index is 2.08. The molecule has 7 heteroatoms. The van der Waals surface area contributed by atoms with Gasteiger partial charge in [-0.25, -0.2) is 0 Å². The Morgan fingerprint density at radius 3 is 2.46 bits per heavy atom. The number of rotatable bonds is 8. The van der Waals surface area contributed by atoms with Crippen LogP contribution in [0.15, 0.2) is 53.0 Å². The van der Waals surface area contributed by atoms with E-state index in [1.54, 1.807) is 61.3 Å². The average Bonchev–Trinajstić information content (AvgIpc) is 2.65.